The average molecular weight is 445 g/mol. The Morgan fingerprint density at radius 3 is 2.47 bits per heavy atom. The third kappa shape index (κ3) is 4.74. The zero-order chi connectivity index (χ0) is 21.7. The van der Waals surface area contributed by atoms with Gasteiger partial charge in [0.25, 0.3) is 5.91 Å². The fraction of sp³-hybridized carbons (Fsp3) is 0.190. The minimum atomic E-state index is -0.372. The topological polar surface area (TPSA) is 77.1 Å². The van der Waals surface area contributed by atoms with Crippen molar-refractivity contribution in [2.75, 3.05) is 33.2 Å². The first-order valence-electron chi connectivity index (χ1n) is 8.87. The van der Waals surface area contributed by atoms with Gasteiger partial charge in [-0.25, -0.2) is 0 Å². The smallest absolute Gasteiger partial charge is 0.266 e. The summed E-state index contributed by atoms with van der Waals surface area (Å²) >= 11 is 6.46. The van der Waals surface area contributed by atoms with E-state index in [4.69, 9.17) is 26.4 Å². The lowest BCUT2D eigenvalue weighted by Crippen LogP contribution is -2.36. The van der Waals surface area contributed by atoms with E-state index in [1.54, 1.807) is 56.7 Å². The van der Waals surface area contributed by atoms with Crippen LogP contribution in [0.2, 0.25) is 0 Å². The minimum Gasteiger partial charge on any atom is -0.495 e. The second-order valence-corrected chi connectivity index (χ2v) is 7.81. The van der Waals surface area contributed by atoms with Gasteiger partial charge in [-0.1, -0.05) is 42.2 Å². The fourth-order valence-corrected chi connectivity index (χ4v) is 4.07. The highest BCUT2D eigenvalue weighted by atomic mass is 32.2. The van der Waals surface area contributed by atoms with E-state index in [0.29, 0.717) is 32.2 Å². The number of rotatable bonds is 7. The number of para-hydroxylation sites is 2. The summed E-state index contributed by atoms with van der Waals surface area (Å²) in [7, 11) is 4.62. The highest BCUT2D eigenvalue weighted by molar-refractivity contribution is 8.26. The molecule has 1 aliphatic heterocycles. The molecule has 0 atom stereocenters. The van der Waals surface area contributed by atoms with Crippen LogP contribution in [0.5, 0.6) is 17.2 Å². The molecule has 1 aliphatic rings. The van der Waals surface area contributed by atoms with Crippen molar-refractivity contribution in [3.8, 4) is 17.2 Å². The lowest BCUT2D eigenvalue weighted by molar-refractivity contribution is -0.126. The number of carbonyl (C=O) groups is 2. The summed E-state index contributed by atoms with van der Waals surface area (Å²) < 4.78 is 16.1. The molecule has 0 aromatic heterocycles. The Labute approximate surface area is 184 Å². The number of hydrogen-bond acceptors (Lipinski definition) is 7. The van der Waals surface area contributed by atoms with Crippen molar-refractivity contribution < 1.29 is 23.8 Å². The molecule has 2 aromatic carbocycles. The van der Waals surface area contributed by atoms with Crippen molar-refractivity contribution in [1.82, 2.24) is 4.90 Å². The maximum Gasteiger partial charge on any atom is 0.266 e. The normalized spacial score (nSPS) is 14.8. The van der Waals surface area contributed by atoms with Crippen molar-refractivity contribution in [3.63, 3.8) is 0 Å². The molecule has 0 saturated carbocycles. The first-order valence-corrected chi connectivity index (χ1v) is 10.1. The Balaban J connectivity index is 1.73. The lowest BCUT2D eigenvalue weighted by Gasteiger charge is -2.15. The maximum atomic E-state index is 12.8. The van der Waals surface area contributed by atoms with Gasteiger partial charge in [0.2, 0.25) is 5.91 Å². The van der Waals surface area contributed by atoms with Crippen LogP contribution in [0, 0.1) is 0 Å². The highest BCUT2D eigenvalue weighted by Gasteiger charge is 2.33. The molecule has 7 nitrogen and oxygen atoms in total. The molecule has 0 bridgehead atoms. The van der Waals surface area contributed by atoms with Gasteiger partial charge < -0.3 is 19.5 Å². The Morgan fingerprint density at radius 1 is 1.07 bits per heavy atom. The molecule has 0 spiro atoms. The van der Waals surface area contributed by atoms with Crippen LogP contribution in [0.15, 0.2) is 47.4 Å². The Morgan fingerprint density at radius 2 is 1.77 bits per heavy atom. The quantitative estimate of drug-likeness (QED) is 0.517. The number of carbonyl (C=O) groups excluding carboxylic acids is 2. The predicted octanol–water partition coefficient (Wildman–Crippen LogP) is 3.55. The molecular weight excluding hydrogens is 424 g/mol. The number of methoxy groups -OCH3 is 3. The van der Waals surface area contributed by atoms with Gasteiger partial charge in [0.15, 0.2) is 11.5 Å². The highest BCUT2D eigenvalue weighted by Crippen LogP contribution is 2.34. The number of benzene rings is 2. The Bertz CT molecular complexity index is 1020. The summed E-state index contributed by atoms with van der Waals surface area (Å²) in [5.74, 6) is 0.982. The van der Waals surface area contributed by atoms with Gasteiger partial charge in [0, 0.05) is 0 Å². The number of ether oxygens (including phenoxy) is 3. The van der Waals surface area contributed by atoms with Crippen molar-refractivity contribution in [3.05, 3.63) is 52.9 Å². The van der Waals surface area contributed by atoms with Crippen LogP contribution in [0.3, 0.4) is 0 Å². The van der Waals surface area contributed by atoms with Crippen LogP contribution in [0.1, 0.15) is 5.56 Å². The molecule has 9 heteroatoms. The summed E-state index contributed by atoms with van der Waals surface area (Å²) in [6.07, 6.45) is 1.71. The molecule has 2 amide bonds. The monoisotopic (exact) mass is 444 g/mol. The Hall–Kier alpha value is -3.04. The number of thioether (sulfide) groups is 1. The van der Waals surface area contributed by atoms with E-state index in [-0.39, 0.29) is 18.4 Å². The van der Waals surface area contributed by atoms with Crippen molar-refractivity contribution in [2.45, 2.75) is 0 Å². The summed E-state index contributed by atoms with van der Waals surface area (Å²) in [4.78, 5) is 27.0. The average Bonchev–Trinajstić information content (AvgIpc) is 3.01. The Kier molecular flexibility index (Phi) is 6.96. The lowest BCUT2D eigenvalue weighted by atomic mass is 10.2. The summed E-state index contributed by atoms with van der Waals surface area (Å²) in [6, 6.07) is 12.4. The van der Waals surface area contributed by atoms with Crippen LogP contribution in [-0.4, -0.2) is 48.9 Å². The fourth-order valence-electron chi connectivity index (χ4n) is 2.81. The molecule has 0 aliphatic carbocycles. The van der Waals surface area contributed by atoms with Crippen LogP contribution in [0.4, 0.5) is 5.69 Å². The molecule has 1 fully saturated rings. The van der Waals surface area contributed by atoms with Gasteiger partial charge in [-0.05, 0) is 35.9 Å². The molecule has 1 saturated heterocycles. The zero-order valence-corrected chi connectivity index (χ0v) is 18.3. The van der Waals surface area contributed by atoms with Crippen LogP contribution in [0.25, 0.3) is 6.08 Å². The second-order valence-electron chi connectivity index (χ2n) is 6.13. The van der Waals surface area contributed by atoms with E-state index < -0.39 is 0 Å². The molecule has 156 valence electrons. The zero-order valence-electron chi connectivity index (χ0n) is 16.6. The first-order chi connectivity index (χ1) is 14.5. The number of hydrogen-bond donors (Lipinski definition) is 1. The van der Waals surface area contributed by atoms with Gasteiger partial charge in [-0.15, -0.1) is 0 Å². The van der Waals surface area contributed by atoms with Crippen LogP contribution >= 0.6 is 24.0 Å². The van der Waals surface area contributed by atoms with Crippen LogP contribution in [-0.2, 0) is 9.59 Å². The summed E-state index contributed by atoms with van der Waals surface area (Å²) in [6.45, 7) is -0.189. The third-order valence-corrected chi connectivity index (χ3v) is 5.64. The van der Waals surface area contributed by atoms with Gasteiger partial charge >= 0.3 is 0 Å². The van der Waals surface area contributed by atoms with E-state index >= 15 is 0 Å². The minimum absolute atomic E-state index is 0.189. The third-order valence-electron chi connectivity index (χ3n) is 4.26. The van der Waals surface area contributed by atoms with Crippen molar-refractivity contribution in [1.29, 1.82) is 0 Å². The maximum absolute atomic E-state index is 12.8. The second kappa shape index (κ2) is 9.64. The molecule has 3 rings (SSSR count). The number of nitrogens with one attached hydrogen (secondary N) is 1. The van der Waals surface area contributed by atoms with E-state index in [1.165, 1.54) is 12.0 Å². The molecule has 0 unspecified atom stereocenters. The van der Waals surface area contributed by atoms with E-state index in [9.17, 15) is 9.59 Å². The number of thiocarbonyl (C=S) groups is 1. The standard InChI is InChI=1S/C21H20N2O5S2/c1-26-15-7-5-4-6-14(15)22-19(24)12-23-20(25)18(30-21(23)29)11-13-8-9-16(27-2)17(10-13)28-3/h4-11H,12H2,1-3H3,(H,22,24)/b18-11+. The van der Waals surface area contributed by atoms with Gasteiger partial charge in [0.05, 0.1) is 31.9 Å². The molecule has 2 aromatic rings. The van der Waals surface area contributed by atoms with E-state index in [0.717, 1.165) is 17.3 Å². The molecular formula is C21H20N2O5S2. The van der Waals surface area contributed by atoms with Gasteiger partial charge in [-0.2, -0.15) is 0 Å². The molecule has 0 radical (unpaired) electrons. The number of nitrogens with zero attached hydrogens (tertiary/aromatic N) is 1. The van der Waals surface area contributed by atoms with Crippen molar-refractivity contribution >= 4 is 51.9 Å². The molecule has 1 N–H and O–H groups in total. The molecule has 1 heterocycles. The van der Waals surface area contributed by atoms with E-state index in [2.05, 4.69) is 5.32 Å². The largest absolute Gasteiger partial charge is 0.495 e. The summed E-state index contributed by atoms with van der Waals surface area (Å²) in [5.41, 5.74) is 1.28. The van der Waals surface area contributed by atoms with Crippen LogP contribution < -0.4 is 19.5 Å². The molecule has 30 heavy (non-hydrogen) atoms. The van der Waals surface area contributed by atoms with E-state index in [1.807, 2.05) is 6.07 Å². The number of amides is 2. The van der Waals surface area contributed by atoms with Crippen molar-refractivity contribution in [2.24, 2.45) is 0 Å². The predicted molar refractivity (Wildman–Crippen MR) is 121 cm³/mol. The number of anilines is 1. The van der Waals surface area contributed by atoms with Gasteiger partial charge in [0.1, 0.15) is 16.6 Å². The van der Waals surface area contributed by atoms with Gasteiger partial charge in [-0.3, -0.25) is 14.5 Å². The summed E-state index contributed by atoms with van der Waals surface area (Å²) in [5, 5.41) is 2.75. The SMILES string of the molecule is COc1ccccc1NC(=O)CN1C(=O)/C(=C\c2ccc(OC)c(OC)c2)SC1=S. The first kappa shape index (κ1) is 21.7.